The molecular weight excluding hydrogens is 444 g/mol. The summed E-state index contributed by atoms with van der Waals surface area (Å²) in [5, 5.41) is 14.6. The summed E-state index contributed by atoms with van der Waals surface area (Å²) in [6, 6.07) is 5.89. The number of ether oxygens (including phenoxy) is 4. The van der Waals surface area contributed by atoms with Crippen LogP contribution >= 0.6 is 11.6 Å². The zero-order valence-electron chi connectivity index (χ0n) is 18.2. The Hall–Kier alpha value is -3.27. The van der Waals surface area contributed by atoms with Crippen molar-refractivity contribution in [2.75, 3.05) is 19.1 Å². The van der Waals surface area contributed by atoms with E-state index in [0.717, 1.165) is 0 Å². The van der Waals surface area contributed by atoms with Crippen LogP contribution in [0, 0.1) is 16.0 Å². The largest absolute Gasteiger partial charge is 0.513 e. The van der Waals surface area contributed by atoms with Crippen molar-refractivity contribution in [3.63, 3.8) is 0 Å². The lowest BCUT2D eigenvalue weighted by molar-refractivity contribution is -0.385. The van der Waals surface area contributed by atoms with Gasteiger partial charge in [0.1, 0.15) is 24.0 Å². The molecule has 0 fully saturated rings. The minimum absolute atomic E-state index is 0.00111. The quantitative estimate of drug-likeness (QED) is 0.244. The number of nitro benzene ring substituents is 1. The van der Waals surface area contributed by atoms with Gasteiger partial charge in [0.05, 0.1) is 28.8 Å². The summed E-state index contributed by atoms with van der Waals surface area (Å²) in [5.74, 6) is -0.970. The van der Waals surface area contributed by atoms with E-state index in [1.165, 1.54) is 18.2 Å². The highest BCUT2D eigenvalue weighted by Gasteiger charge is 2.39. The second-order valence-electron chi connectivity index (χ2n) is 7.30. The van der Waals surface area contributed by atoms with Gasteiger partial charge >= 0.3 is 12.3 Å². The number of hydrogen-bond acceptors (Lipinski definition) is 9. The molecule has 1 aromatic rings. The van der Waals surface area contributed by atoms with E-state index in [0.29, 0.717) is 11.4 Å². The number of carbonyl (C=O) groups is 2. The lowest BCUT2D eigenvalue weighted by atomic mass is 9.89. The molecule has 0 saturated carbocycles. The van der Waals surface area contributed by atoms with E-state index >= 15 is 0 Å². The van der Waals surface area contributed by atoms with E-state index in [-0.39, 0.29) is 47.8 Å². The molecule has 10 nitrogen and oxygen atoms in total. The normalized spacial score (nSPS) is 15.9. The molecule has 174 valence electrons. The molecule has 0 radical (unpaired) electrons. The molecule has 1 aliphatic rings. The van der Waals surface area contributed by atoms with Gasteiger partial charge < -0.3 is 24.3 Å². The van der Waals surface area contributed by atoms with Gasteiger partial charge in [-0.05, 0) is 19.8 Å². The van der Waals surface area contributed by atoms with Crippen LogP contribution in [0.1, 0.15) is 39.2 Å². The Bertz CT molecular complexity index is 941. The number of nitrogens with one attached hydrogen (secondary N) is 1. The van der Waals surface area contributed by atoms with Gasteiger partial charge in [0, 0.05) is 11.6 Å². The zero-order chi connectivity index (χ0) is 23.8. The molecule has 0 saturated heterocycles. The number of halogens is 1. The van der Waals surface area contributed by atoms with E-state index in [9.17, 15) is 19.7 Å². The molecule has 1 unspecified atom stereocenters. The highest BCUT2D eigenvalue weighted by molar-refractivity contribution is 6.18. The summed E-state index contributed by atoms with van der Waals surface area (Å²) in [4.78, 5) is 35.6. The van der Waals surface area contributed by atoms with Gasteiger partial charge in [-0.3, -0.25) is 10.1 Å². The predicted molar refractivity (Wildman–Crippen MR) is 115 cm³/mol. The van der Waals surface area contributed by atoms with Gasteiger partial charge in [0.2, 0.25) is 0 Å². The average molecular weight is 469 g/mol. The average Bonchev–Trinajstić information content (AvgIpc) is 2.74. The lowest BCUT2D eigenvalue weighted by Gasteiger charge is -2.30. The maximum Gasteiger partial charge on any atom is 0.513 e. The zero-order valence-corrected chi connectivity index (χ0v) is 18.9. The van der Waals surface area contributed by atoms with Crippen molar-refractivity contribution in [2.24, 2.45) is 5.92 Å². The third-order valence-electron chi connectivity index (χ3n) is 4.30. The summed E-state index contributed by atoms with van der Waals surface area (Å²) in [6.07, 6.45) is -2.03. The van der Waals surface area contributed by atoms with Crippen molar-refractivity contribution in [2.45, 2.75) is 33.6 Å². The van der Waals surface area contributed by atoms with Crippen molar-refractivity contribution in [3.8, 4) is 0 Å². The molecule has 1 aromatic carbocycles. The smallest absolute Gasteiger partial charge is 0.434 e. The third-order valence-corrected chi connectivity index (χ3v) is 4.46. The Labute approximate surface area is 190 Å². The van der Waals surface area contributed by atoms with Crippen LogP contribution in [0.5, 0.6) is 0 Å². The van der Waals surface area contributed by atoms with Crippen molar-refractivity contribution in [1.29, 1.82) is 0 Å². The first-order valence-electron chi connectivity index (χ1n) is 9.82. The number of rotatable bonds is 8. The van der Waals surface area contributed by atoms with E-state index in [1.54, 1.807) is 19.9 Å². The van der Waals surface area contributed by atoms with Crippen LogP contribution in [-0.2, 0) is 18.9 Å². The molecule has 2 rings (SSSR count). The number of alkyl halides is 1. The molecule has 0 bridgehead atoms. The highest BCUT2D eigenvalue weighted by Crippen LogP contribution is 2.42. The van der Waals surface area contributed by atoms with Crippen molar-refractivity contribution < 1.29 is 33.5 Å². The SMILES string of the molecule is CC1=C(OC(=O)OCCCl)C(c2ccccc2[N+](=O)[O-])C(OC(=O)OCC(C)C)=C(C)N1. The number of para-hydroxylation sites is 1. The molecular formula is C21H25ClN2O8. The minimum atomic E-state index is -1.09. The number of nitro groups is 1. The summed E-state index contributed by atoms with van der Waals surface area (Å²) >= 11 is 5.54. The Morgan fingerprint density at radius 1 is 1.09 bits per heavy atom. The topological polar surface area (TPSA) is 126 Å². The number of hydrogen-bond donors (Lipinski definition) is 1. The lowest BCUT2D eigenvalue weighted by Crippen LogP contribution is -2.30. The number of carbonyl (C=O) groups excluding carboxylic acids is 2. The molecule has 0 aromatic heterocycles. The van der Waals surface area contributed by atoms with Crippen LogP contribution in [0.25, 0.3) is 0 Å². The second-order valence-corrected chi connectivity index (χ2v) is 7.68. The van der Waals surface area contributed by atoms with E-state index in [1.807, 2.05) is 13.8 Å². The van der Waals surface area contributed by atoms with Crippen molar-refractivity contribution in [3.05, 3.63) is 62.9 Å². The first kappa shape index (κ1) is 25.0. The molecule has 0 amide bonds. The van der Waals surface area contributed by atoms with Gasteiger partial charge in [0.25, 0.3) is 5.69 Å². The fourth-order valence-electron chi connectivity index (χ4n) is 3.00. The summed E-state index contributed by atoms with van der Waals surface area (Å²) < 4.78 is 20.8. The van der Waals surface area contributed by atoms with E-state index in [2.05, 4.69) is 5.32 Å². The highest BCUT2D eigenvalue weighted by atomic mass is 35.5. The first-order chi connectivity index (χ1) is 15.1. The third kappa shape index (κ3) is 6.36. The van der Waals surface area contributed by atoms with Crippen LogP contribution < -0.4 is 5.32 Å². The number of benzene rings is 1. The van der Waals surface area contributed by atoms with Gasteiger partial charge in [-0.1, -0.05) is 32.0 Å². The van der Waals surface area contributed by atoms with Crippen LogP contribution in [-0.4, -0.2) is 36.3 Å². The maximum absolute atomic E-state index is 12.3. The Kier molecular flexibility index (Phi) is 8.89. The van der Waals surface area contributed by atoms with Crippen LogP contribution in [0.15, 0.2) is 47.2 Å². The minimum Gasteiger partial charge on any atom is -0.434 e. The molecule has 0 aliphatic carbocycles. The van der Waals surface area contributed by atoms with Crippen LogP contribution in [0.4, 0.5) is 15.3 Å². The molecule has 32 heavy (non-hydrogen) atoms. The summed E-state index contributed by atoms with van der Waals surface area (Å²) in [7, 11) is 0. The molecule has 1 aliphatic heterocycles. The van der Waals surface area contributed by atoms with Gasteiger partial charge in [-0.25, -0.2) is 9.59 Å². The Morgan fingerprint density at radius 3 is 2.19 bits per heavy atom. The van der Waals surface area contributed by atoms with Gasteiger partial charge in [0.15, 0.2) is 0 Å². The standard InChI is InChI=1S/C21H25ClN2O8/c1-12(2)11-30-21(26)32-19-14(4)23-13(3)18(31-20(25)29-10-9-22)17(19)15-7-5-6-8-16(15)24(27)28/h5-8,12,17,23H,9-11H2,1-4H3. The maximum atomic E-state index is 12.3. The summed E-state index contributed by atoms with van der Waals surface area (Å²) in [5.41, 5.74) is 0.696. The molecule has 1 N–H and O–H groups in total. The van der Waals surface area contributed by atoms with E-state index < -0.39 is 23.2 Å². The Balaban J connectivity index is 2.51. The number of nitrogens with zero attached hydrogens (tertiary/aromatic N) is 1. The molecule has 11 heteroatoms. The molecule has 1 atom stereocenters. The van der Waals surface area contributed by atoms with Crippen molar-refractivity contribution >= 4 is 29.6 Å². The molecule has 0 spiro atoms. The Morgan fingerprint density at radius 2 is 1.66 bits per heavy atom. The van der Waals surface area contributed by atoms with Crippen LogP contribution in [0.3, 0.4) is 0 Å². The first-order valence-corrected chi connectivity index (χ1v) is 10.4. The second kappa shape index (κ2) is 11.4. The van der Waals surface area contributed by atoms with Crippen LogP contribution in [0.2, 0.25) is 0 Å². The van der Waals surface area contributed by atoms with Gasteiger partial charge in [-0.15, -0.1) is 11.6 Å². The number of allylic oxidation sites excluding steroid dienone is 2. The van der Waals surface area contributed by atoms with Crippen molar-refractivity contribution in [1.82, 2.24) is 5.32 Å². The fourth-order valence-corrected chi connectivity index (χ4v) is 3.08. The summed E-state index contributed by atoms with van der Waals surface area (Å²) in [6.45, 7) is 7.00. The molecule has 1 heterocycles. The van der Waals surface area contributed by atoms with E-state index in [4.69, 9.17) is 30.5 Å². The van der Waals surface area contributed by atoms with Gasteiger partial charge in [-0.2, -0.15) is 0 Å². The predicted octanol–water partition coefficient (Wildman–Crippen LogP) is 4.95. The monoisotopic (exact) mass is 468 g/mol. The fraction of sp³-hybridized carbons (Fsp3) is 0.429. The number of dihydropyridines is 1.